The van der Waals surface area contributed by atoms with Gasteiger partial charge in [-0.1, -0.05) is 30.3 Å². The lowest BCUT2D eigenvalue weighted by Gasteiger charge is -2.44. The normalized spacial score (nSPS) is 20.2. The summed E-state index contributed by atoms with van der Waals surface area (Å²) in [7, 11) is 0. The smallest absolute Gasteiger partial charge is 0.253 e. The largest absolute Gasteiger partial charge is 0.369 e. The van der Waals surface area contributed by atoms with Crippen LogP contribution in [0.5, 0.6) is 0 Å². The van der Waals surface area contributed by atoms with Gasteiger partial charge in [-0.3, -0.25) is 9.69 Å². The lowest BCUT2D eigenvalue weighted by molar-refractivity contribution is 0.0563. The SMILES string of the molecule is O=C(c1ccc2ccccc2c1)N1CCCC(N2CCN(c3ccc(F)cc3)CC2)C1. The average Bonchev–Trinajstić information content (AvgIpc) is 2.84. The molecule has 0 saturated carbocycles. The van der Waals surface area contributed by atoms with E-state index in [9.17, 15) is 9.18 Å². The van der Waals surface area contributed by atoms with E-state index in [0.29, 0.717) is 6.04 Å². The Hall–Kier alpha value is -2.92. The maximum Gasteiger partial charge on any atom is 0.253 e. The Bertz CT molecular complexity index is 1060. The van der Waals surface area contributed by atoms with Crippen molar-refractivity contribution in [3.8, 4) is 0 Å². The number of carbonyl (C=O) groups is 1. The van der Waals surface area contributed by atoms with E-state index in [2.05, 4.69) is 21.9 Å². The van der Waals surface area contributed by atoms with Gasteiger partial charge in [0.15, 0.2) is 0 Å². The maximum absolute atomic E-state index is 13.2. The highest BCUT2D eigenvalue weighted by atomic mass is 19.1. The minimum atomic E-state index is -0.194. The fourth-order valence-corrected chi connectivity index (χ4v) is 4.94. The molecule has 0 radical (unpaired) electrons. The zero-order chi connectivity index (χ0) is 21.2. The molecule has 1 amide bonds. The van der Waals surface area contributed by atoms with Crippen molar-refractivity contribution < 1.29 is 9.18 Å². The number of nitrogens with zero attached hydrogens (tertiary/aromatic N) is 3. The van der Waals surface area contributed by atoms with Crippen LogP contribution in [0.4, 0.5) is 10.1 Å². The third-order valence-corrected chi connectivity index (χ3v) is 6.70. The van der Waals surface area contributed by atoms with E-state index < -0.39 is 0 Å². The topological polar surface area (TPSA) is 26.8 Å². The van der Waals surface area contributed by atoms with E-state index in [1.54, 1.807) is 0 Å². The molecule has 1 atom stereocenters. The molecule has 1 unspecified atom stereocenters. The second-order valence-electron chi connectivity index (χ2n) is 8.61. The van der Waals surface area contributed by atoms with Crippen LogP contribution in [0.1, 0.15) is 23.2 Å². The monoisotopic (exact) mass is 417 g/mol. The van der Waals surface area contributed by atoms with Gasteiger partial charge < -0.3 is 9.80 Å². The highest BCUT2D eigenvalue weighted by Crippen LogP contribution is 2.23. The first kappa shape index (κ1) is 20.0. The van der Waals surface area contributed by atoms with Crippen molar-refractivity contribution in [3.05, 3.63) is 78.1 Å². The summed E-state index contributed by atoms with van der Waals surface area (Å²) in [5, 5.41) is 2.27. The molecule has 0 bridgehead atoms. The number of piperidine rings is 1. The summed E-state index contributed by atoms with van der Waals surface area (Å²) in [6.07, 6.45) is 2.18. The average molecular weight is 418 g/mol. The third-order valence-electron chi connectivity index (χ3n) is 6.70. The van der Waals surface area contributed by atoms with Crippen molar-refractivity contribution in [2.24, 2.45) is 0 Å². The molecule has 2 heterocycles. The zero-order valence-corrected chi connectivity index (χ0v) is 17.7. The first-order valence-corrected chi connectivity index (χ1v) is 11.2. The van der Waals surface area contributed by atoms with Crippen molar-refractivity contribution in [3.63, 3.8) is 0 Å². The Morgan fingerprint density at radius 1 is 0.839 bits per heavy atom. The maximum atomic E-state index is 13.2. The molecule has 2 fully saturated rings. The number of anilines is 1. The predicted molar refractivity (Wildman–Crippen MR) is 123 cm³/mol. The minimum absolute atomic E-state index is 0.139. The van der Waals surface area contributed by atoms with Gasteiger partial charge in [0.05, 0.1) is 0 Å². The fraction of sp³-hybridized carbons (Fsp3) is 0.346. The van der Waals surface area contributed by atoms with Crippen LogP contribution >= 0.6 is 0 Å². The number of fused-ring (bicyclic) bond motifs is 1. The third kappa shape index (κ3) is 4.28. The molecule has 5 heteroatoms. The second kappa shape index (κ2) is 8.67. The molecule has 160 valence electrons. The molecule has 2 aliphatic rings. The second-order valence-corrected chi connectivity index (χ2v) is 8.61. The Kier molecular flexibility index (Phi) is 5.60. The molecule has 0 aliphatic carbocycles. The van der Waals surface area contributed by atoms with Crippen molar-refractivity contribution >= 4 is 22.4 Å². The van der Waals surface area contributed by atoms with Crippen LogP contribution in [0.15, 0.2) is 66.7 Å². The quantitative estimate of drug-likeness (QED) is 0.632. The predicted octanol–water partition coefficient (Wildman–Crippen LogP) is 4.41. The number of rotatable bonds is 3. The Morgan fingerprint density at radius 2 is 1.58 bits per heavy atom. The zero-order valence-electron chi connectivity index (χ0n) is 17.7. The molecule has 4 nitrogen and oxygen atoms in total. The number of amides is 1. The fourth-order valence-electron chi connectivity index (χ4n) is 4.94. The number of carbonyl (C=O) groups excluding carboxylic acids is 1. The van der Waals surface area contributed by atoms with E-state index in [0.717, 1.165) is 74.1 Å². The Morgan fingerprint density at radius 3 is 2.35 bits per heavy atom. The number of benzene rings is 3. The van der Waals surface area contributed by atoms with Gasteiger partial charge in [-0.2, -0.15) is 0 Å². The van der Waals surface area contributed by atoms with Crippen LogP contribution < -0.4 is 4.90 Å². The molecule has 3 aromatic carbocycles. The number of piperazine rings is 1. The van der Waals surface area contributed by atoms with E-state index in [4.69, 9.17) is 0 Å². The van der Waals surface area contributed by atoms with Gasteiger partial charge in [-0.25, -0.2) is 4.39 Å². The molecule has 3 aromatic rings. The highest BCUT2D eigenvalue weighted by molar-refractivity contribution is 5.98. The summed E-state index contributed by atoms with van der Waals surface area (Å²) in [5.41, 5.74) is 1.86. The van der Waals surface area contributed by atoms with Gasteiger partial charge in [0.1, 0.15) is 5.82 Å². The number of hydrogen-bond acceptors (Lipinski definition) is 3. The summed E-state index contributed by atoms with van der Waals surface area (Å²) in [4.78, 5) is 20.1. The van der Waals surface area contributed by atoms with Gasteiger partial charge >= 0.3 is 0 Å². The van der Waals surface area contributed by atoms with E-state index in [1.165, 1.54) is 12.1 Å². The molecule has 0 aromatic heterocycles. The molecule has 5 rings (SSSR count). The number of hydrogen-bond donors (Lipinski definition) is 0. The molecule has 2 aliphatic heterocycles. The summed E-state index contributed by atoms with van der Waals surface area (Å²) >= 11 is 0. The highest BCUT2D eigenvalue weighted by Gasteiger charge is 2.30. The van der Waals surface area contributed by atoms with Gasteiger partial charge in [0, 0.05) is 56.6 Å². The van der Waals surface area contributed by atoms with Crippen LogP contribution in [0, 0.1) is 5.82 Å². The van der Waals surface area contributed by atoms with Crippen LogP contribution in [-0.4, -0.2) is 61.0 Å². The summed E-state index contributed by atoms with van der Waals surface area (Å²) in [5.74, 6) is -0.0545. The van der Waals surface area contributed by atoms with Crippen LogP contribution in [0.25, 0.3) is 10.8 Å². The van der Waals surface area contributed by atoms with Gasteiger partial charge in [0.2, 0.25) is 0 Å². The van der Waals surface area contributed by atoms with Crippen molar-refractivity contribution in [2.75, 3.05) is 44.2 Å². The van der Waals surface area contributed by atoms with E-state index in [-0.39, 0.29) is 11.7 Å². The standard InChI is InChI=1S/C26H28FN3O/c27-23-9-11-24(12-10-23)28-14-16-29(17-15-28)25-6-3-13-30(19-25)26(31)22-8-7-20-4-1-2-5-21(20)18-22/h1-2,4-5,7-12,18,25H,3,6,13-17,19H2. The minimum Gasteiger partial charge on any atom is -0.369 e. The van der Waals surface area contributed by atoms with Crippen LogP contribution in [0.3, 0.4) is 0 Å². The first-order chi connectivity index (χ1) is 15.2. The molecule has 0 spiro atoms. The Labute approximate surface area is 182 Å². The number of likely N-dealkylation sites (tertiary alicyclic amines) is 1. The first-order valence-electron chi connectivity index (χ1n) is 11.2. The van der Waals surface area contributed by atoms with E-state index in [1.807, 2.05) is 47.4 Å². The van der Waals surface area contributed by atoms with Crippen molar-refractivity contribution in [1.29, 1.82) is 0 Å². The summed E-state index contributed by atoms with van der Waals surface area (Å²) < 4.78 is 13.2. The molecule has 0 N–H and O–H groups in total. The van der Waals surface area contributed by atoms with Crippen LogP contribution in [-0.2, 0) is 0 Å². The van der Waals surface area contributed by atoms with Gasteiger partial charge in [-0.05, 0) is 60.0 Å². The lowest BCUT2D eigenvalue weighted by atomic mass is 10.0. The number of halogens is 1. The lowest BCUT2D eigenvalue weighted by Crippen LogP contribution is -2.55. The van der Waals surface area contributed by atoms with Crippen LogP contribution in [0.2, 0.25) is 0 Å². The molecular weight excluding hydrogens is 389 g/mol. The van der Waals surface area contributed by atoms with Gasteiger partial charge in [0.25, 0.3) is 5.91 Å². The molecule has 31 heavy (non-hydrogen) atoms. The molecule has 2 saturated heterocycles. The van der Waals surface area contributed by atoms with Crippen molar-refractivity contribution in [2.45, 2.75) is 18.9 Å². The van der Waals surface area contributed by atoms with Crippen molar-refractivity contribution in [1.82, 2.24) is 9.80 Å². The Balaban J connectivity index is 1.22. The molecular formula is C26H28FN3O. The summed E-state index contributed by atoms with van der Waals surface area (Å²) in [6.45, 7) is 5.43. The summed E-state index contributed by atoms with van der Waals surface area (Å²) in [6, 6.07) is 21.4. The van der Waals surface area contributed by atoms with E-state index >= 15 is 0 Å². The van der Waals surface area contributed by atoms with Gasteiger partial charge in [-0.15, -0.1) is 0 Å².